The van der Waals surface area contributed by atoms with Crippen LogP contribution < -0.4 is 16.4 Å². The Morgan fingerprint density at radius 1 is 1.11 bits per heavy atom. The summed E-state index contributed by atoms with van der Waals surface area (Å²) in [5.74, 6) is -0.493. The van der Waals surface area contributed by atoms with Crippen LogP contribution in [0.25, 0.3) is 0 Å². The van der Waals surface area contributed by atoms with E-state index in [1.807, 2.05) is 6.92 Å². The van der Waals surface area contributed by atoms with Crippen molar-refractivity contribution in [2.75, 3.05) is 26.9 Å². The molecular formula is C26H46N4O7. The van der Waals surface area contributed by atoms with Gasteiger partial charge in [0.2, 0.25) is 11.8 Å². The number of nitrogens with zero attached hydrogens (tertiary/aromatic N) is 1. The molecule has 0 aromatic heterocycles. The summed E-state index contributed by atoms with van der Waals surface area (Å²) in [5.41, 5.74) is 4.52. The Labute approximate surface area is 221 Å². The van der Waals surface area contributed by atoms with Crippen molar-refractivity contribution in [3.8, 4) is 12.8 Å². The van der Waals surface area contributed by atoms with Crippen LogP contribution >= 0.6 is 0 Å². The van der Waals surface area contributed by atoms with Gasteiger partial charge in [-0.3, -0.25) is 19.2 Å². The van der Waals surface area contributed by atoms with Gasteiger partial charge in [-0.15, -0.1) is 12.8 Å². The van der Waals surface area contributed by atoms with Crippen molar-refractivity contribution in [1.29, 1.82) is 0 Å². The van der Waals surface area contributed by atoms with Crippen LogP contribution in [0.5, 0.6) is 0 Å². The highest BCUT2D eigenvalue weighted by Crippen LogP contribution is 2.29. The van der Waals surface area contributed by atoms with E-state index in [1.165, 1.54) is 14.0 Å². The normalized spacial score (nSPS) is 18.5. The molecule has 4 unspecified atom stereocenters. The summed E-state index contributed by atoms with van der Waals surface area (Å²) in [6.07, 6.45) is 10.1. The molecule has 11 heteroatoms. The number of carbonyl (C=O) groups is 4. The van der Waals surface area contributed by atoms with Crippen LogP contribution in [0.3, 0.4) is 0 Å². The monoisotopic (exact) mass is 526 g/mol. The van der Waals surface area contributed by atoms with Gasteiger partial charge in [-0.2, -0.15) is 0 Å². The lowest BCUT2D eigenvalue weighted by molar-refractivity contribution is -0.131. The van der Waals surface area contributed by atoms with Gasteiger partial charge in [0, 0.05) is 13.5 Å². The number of carbonyl (C=O) groups excluding carboxylic acids is 4. The molecule has 0 aromatic rings. The molecule has 37 heavy (non-hydrogen) atoms. The highest BCUT2D eigenvalue weighted by Gasteiger charge is 2.50. The summed E-state index contributed by atoms with van der Waals surface area (Å²) < 4.78 is 9.94. The zero-order valence-electron chi connectivity index (χ0n) is 23.6. The van der Waals surface area contributed by atoms with Gasteiger partial charge < -0.3 is 30.7 Å². The lowest BCUT2D eigenvalue weighted by Gasteiger charge is -2.22. The Kier molecular flexibility index (Phi) is 18.8. The van der Waals surface area contributed by atoms with Gasteiger partial charge in [0.15, 0.2) is 5.78 Å². The van der Waals surface area contributed by atoms with Crippen LogP contribution in [0.4, 0.5) is 0 Å². The molecule has 0 saturated carbocycles. The molecule has 4 N–H and O–H groups in total. The molecule has 0 bridgehead atoms. The van der Waals surface area contributed by atoms with Crippen molar-refractivity contribution < 1.29 is 33.5 Å². The Hall–Kier alpha value is -2.97. The molecule has 4 atom stereocenters. The van der Waals surface area contributed by atoms with E-state index >= 15 is 0 Å². The molecule has 0 aromatic carbocycles. The SMILES string of the molecule is C#C.CCC(C)CC(=O)NC(CC(C)C)C(=O)C1(C)CO1.CCO/N=C(\C)C(=O)NC(COC)C(N)=O. The van der Waals surface area contributed by atoms with Crippen molar-refractivity contribution in [2.24, 2.45) is 22.7 Å². The lowest BCUT2D eigenvalue weighted by Crippen LogP contribution is -2.49. The number of amides is 3. The third-order valence-electron chi connectivity index (χ3n) is 5.33. The minimum atomic E-state index is -0.871. The zero-order chi connectivity index (χ0) is 29.2. The molecule has 1 heterocycles. The van der Waals surface area contributed by atoms with Gasteiger partial charge >= 0.3 is 0 Å². The van der Waals surface area contributed by atoms with Crippen molar-refractivity contribution in [2.45, 2.75) is 85.4 Å². The van der Waals surface area contributed by atoms with Gasteiger partial charge in [0.1, 0.15) is 24.0 Å². The quantitative estimate of drug-likeness (QED) is 0.126. The first-order valence-corrected chi connectivity index (χ1v) is 12.4. The molecular weight excluding hydrogens is 480 g/mol. The second-order valence-electron chi connectivity index (χ2n) is 9.33. The maximum Gasteiger partial charge on any atom is 0.269 e. The summed E-state index contributed by atoms with van der Waals surface area (Å²) in [7, 11) is 1.41. The highest BCUT2D eigenvalue weighted by molar-refractivity contribution is 6.38. The first-order chi connectivity index (χ1) is 17.3. The average molecular weight is 527 g/mol. The number of nitrogens with two attached hydrogens (primary N) is 1. The fraction of sp³-hybridized carbons (Fsp3) is 0.731. The van der Waals surface area contributed by atoms with E-state index < -0.39 is 29.5 Å². The molecule has 11 nitrogen and oxygen atoms in total. The third kappa shape index (κ3) is 15.7. The molecule has 3 amide bonds. The summed E-state index contributed by atoms with van der Waals surface area (Å²) in [6.45, 7) is 14.1. The van der Waals surface area contributed by atoms with E-state index in [9.17, 15) is 19.2 Å². The summed E-state index contributed by atoms with van der Waals surface area (Å²) in [4.78, 5) is 51.3. The predicted molar refractivity (Wildman–Crippen MR) is 142 cm³/mol. The van der Waals surface area contributed by atoms with Gasteiger partial charge in [0.25, 0.3) is 5.91 Å². The highest BCUT2D eigenvalue weighted by atomic mass is 16.6. The van der Waals surface area contributed by atoms with Gasteiger partial charge in [-0.05, 0) is 39.0 Å². The van der Waals surface area contributed by atoms with Crippen LogP contribution in [-0.4, -0.2) is 73.8 Å². The number of ketones is 1. The molecule has 1 saturated heterocycles. The van der Waals surface area contributed by atoms with E-state index in [1.54, 1.807) is 13.8 Å². The molecule has 0 spiro atoms. The topological polar surface area (TPSA) is 162 Å². The number of rotatable bonds is 15. The summed E-state index contributed by atoms with van der Waals surface area (Å²) in [6, 6.07) is -1.28. The largest absolute Gasteiger partial charge is 0.396 e. The Balaban J connectivity index is 0. The maximum absolute atomic E-state index is 12.3. The van der Waals surface area contributed by atoms with Crippen molar-refractivity contribution in [3.63, 3.8) is 0 Å². The number of Topliss-reactive ketones (excluding diaryl/α,β-unsaturated/α-hetero) is 1. The summed E-state index contributed by atoms with van der Waals surface area (Å²) >= 11 is 0. The molecule has 1 aliphatic heterocycles. The van der Waals surface area contributed by atoms with Crippen LogP contribution in [-0.2, 0) is 33.5 Å². The van der Waals surface area contributed by atoms with E-state index in [2.05, 4.69) is 49.4 Å². The number of hydrogen-bond acceptors (Lipinski definition) is 8. The summed E-state index contributed by atoms with van der Waals surface area (Å²) in [5, 5.41) is 8.79. The second-order valence-corrected chi connectivity index (χ2v) is 9.33. The van der Waals surface area contributed by atoms with Crippen LogP contribution in [0.1, 0.15) is 67.7 Å². The first-order valence-electron chi connectivity index (χ1n) is 12.4. The lowest BCUT2D eigenvalue weighted by atomic mass is 9.93. The molecule has 212 valence electrons. The molecule has 0 radical (unpaired) electrons. The number of nitrogens with one attached hydrogen (secondary N) is 2. The van der Waals surface area contributed by atoms with Crippen LogP contribution in [0.15, 0.2) is 5.16 Å². The molecule has 0 aliphatic carbocycles. The Bertz CT molecular complexity index is 776. The van der Waals surface area contributed by atoms with Crippen molar-refractivity contribution in [1.82, 2.24) is 10.6 Å². The second kappa shape index (κ2) is 19.2. The number of oxime groups is 1. The average Bonchev–Trinajstić information content (AvgIpc) is 3.60. The number of hydrogen-bond donors (Lipinski definition) is 3. The first kappa shape index (κ1) is 36.2. The number of ether oxygens (including phenoxy) is 2. The molecule has 1 aliphatic rings. The minimum Gasteiger partial charge on any atom is -0.396 e. The number of primary amides is 1. The van der Waals surface area contributed by atoms with Crippen LogP contribution in [0, 0.1) is 24.7 Å². The maximum atomic E-state index is 12.3. The fourth-order valence-corrected chi connectivity index (χ4v) is 2.86. The van der Waals surface area contributed by atoms with Gasteiger partial charge in [0.05, 0.1) is 19.3 Å². The smallest absolute Gasteiger partial charge is 0.269 e. The van der Waals surface area contributed by atoms with Gasteiger partial charge in [-0.1, -0.05) is 39.3 Å². The minimum absolute atomic E-state index is 0.0127. The van der Waals surface area contributed by atoms with Crippen molar-refractivity contribution >= 4 is 29.2 Å². The third-order valence-corrected chi connectivity index (χ3v) is 5.33. The number of terminal acetylenes is 1. The number of methoxy groups -OCH3 is 1. The van der Waals surface area contributed by atoms with E-state index in [4.69, 9.17) is 20.0 Å². The standard InChI is InChI=1S/C15H27NO3.C9H17N3O4.C2H2/c1-6-11(4)8-13(17)16-12(7-10(2)3)14(18)15(5)9-19-15;1-4-16-12-6(2)9(14)11-7(5-15-3)8(10)13;1-2/h10-12H,6-9H2,1-5H3,(H,16,17);7H,4-5H2,1-3H3,(H2,10,13)(H,11,14);1-2H/b;12-6+;. The molecule has 1 fully saturated rings. The van der Waals surface area contributed by atoms with Crippen molar-refractivity contribution in [3.05, 3.63) is 0 Å². The van der Waals surface area contributed by atoms with Crippen LogP contribution in [0.2, 0.25) is 0 Å². The van der Waals surface area contributed by atoms with E-state index in [0.29, 0.717) is 37.9 Å². The van der Waals surface area contributed by atoms with E-state index in [0.717, 1.165) is 6.42 Å². The number of epoxide rings is 1. The van der Waals surface area contributed by atoms with Gasteiger partial charge in [-0.25, -0.2) is 0 Å². The zero-order valence-corrected chi connectivity index (χ0v) is 23.6. The fourth-order valence-electron chi connectivity index (χ4n) is 2.86. The Morgan fingerprint density at radius 3 is 2.08 bits per heavy atom. The predicted octanol–water partition coefficient (Wildman–Crippen LogP) is 1.58. The Morgan fingerprint density at radius 2 is 1.68 bits per heavy atom. The molecule has 1 rings (SSSR count). The van der Waals surface area contributed by atoms with E-state index in [-0.39, 0.29) is 24.0 Å².